The Balaban J connectivity index is 1.83. The molecule has 20 heavy (non-hydrogen) atoms. The molecule has 0 bridgehead atoms. The summed E-state index contributed by atoms with van der Waals surface area (Å²) in [5.41, 5.74) is -0.717. The molecule has 0 radical (unpaired) electrons. The minimum Gasteiger partial charge on any atom is -0.388 e. The fourth-order valence-electron chi connectivity index (χ4n) is 2.10. The van der Waals surface area contributed by atoms with E-state index >= 15 is 0 Å². The van der Waals surface area contributed by atoms with E-state index in [4.69, 9.17) is 0 Å². The van der Waals surface area contributed by atoms with Crippen LogP contribution in [-0.4, -0.2) is 47.8 Å². The zero-order valence-corrected chi connectivity index (χ0v) is 13.7. The van der Waals surface area contributed by atoms with Crippen molar-refractivity contribution in [1.82, 2.24) is 15.2 Å². The Labute approximate surface area is 128 Å². The van der Waals surface area contributed by atoms with E-state index in [-0.39, 0.29) is 0 Å². The first-order valence-corrected chi connectivity index (χ1v) is 8.22. The quantitative estimate of drug-likeness (QED) is 0.823. The Morgan fingerprint density at radius 3 is 2.90 bits per heavy atom. The fraction of sp³-hybridized carbons (Fsp3) is 0.500. The molecular formula is C14H21N3OS2. The molecule has 2 rings (SSSR count). The molecule has 1 atom stereocenters. The molecule has 0 spiro atoms. The van der Waals surface area contributed by atoms with Crippen LogP contribution in [0.4, 0.5) is 0 Å². The van der Waals surface area contributed by atoms with Crippen molar-refractivity contribution in [3.05, 3.63) is 28.6 Å². The van der Waals surface area contributed by atoms with E-state index in [1.54, 1.807) is 22.7 Å². The van der Waals surface area contributed by atoms with E-state index < -0.39 is 5.60 Å². The van der Waals surface area contributed by atoms with Gasteiger partial charge in [0.05, 0.1) is 10.5 Å². The number of thiophene rings is 1. The van der Waals surface area contributed by atoms with Gasteiger partial charge in [-0.05, 0) is 32.5 Å². The Bertz CT molecular complexity index is 520. The van der Waals surface area contributed by atoms with Crippen LogP contribution in [0.15, 0.2) is 23.7 Å². The summed E-state index contributed by atoms with van der Waals surface area (Å²) >= 11 is 3.41. The lowest BCUT2D eigenvalue weighted by atomic mass is 10.1. The summed E-state index contributed by atoms with van der Waals surface area (Å²) in [6.45, 7) is 3.80. The van der Waals surface area contributed by atoms with Gasteiger partial charge in [-0.15, -0.1) is 22.7 Å². The minimum absolute atomic E-state index is 0.567. The van der Waals surface area contributed by atoms with Crippen LogP contribution in [0.5, 0.6) is 0 Å². The summed E-state index contributed by atoms with van der Waals surface area (Å²) < 4.78 is 0. The van der Waals surface area contributed by atoms with E-state index in [9.17, 15) is 5.11 Å². The topological polar surface area (TPSA) is 48.4 Å². The molecule has 1 unspecified atom stereocenters. The summed E-state index contributed by atoms with van der Waals surface area (Å²) in [4.78, 5) is 8.83. The number of thiazole rings is 1. The maximum atomic E-state index is 10.2. The molecule has 0 aliphatic carbocycles. The zero-order valence-electron chi connectivity index (χ0n) is 12.1. The van der Waals surface area contributed by atoms with Gasteiger partial charge in [0.25, 0.3) is 0 Å². The Hall–Kier alpha value is -0.790. The van der Waals surface area contributed by atoms with Gasteiger partial charge in [-0.1, -0.05) is 6.07 Å². The molecule has 2 N–H and O–H groups in total. The smallest absolute Gasteiger partial charge is 0.133 e. The number of rotatable bonds is 7. The molecule has 2 heterocycles. The minimum atomic E-state index is -0.717. The van der Waals surface area contributed by atoms with E-state index in [1.807, 2.05) is 38.2 Å². The number of aliphatic hydroxyl groups is 1. The van der Waals surface area contributed by atoms with Gasteiger partial charge in [0.15, 0.2) is 0 Å². The van der Waals surface area contributed by atoms with Crippen molar-refractivity contribution in [1.29, 1.82) is 0 Å². The summed E-state index contributed by atoms with van der Waals surface area (Å²) in [6.07, 6.45) is 1.91. The predicted octanol–water partition coefficient (Wildman–Crippen LogP) is 2.27. The number of aromatic nitrogens is 1. The third kappa shape index (κ3) is 4.64. The Kier molecular flexibility index (Phi) is 5.29. The zero-order chi connectivity index (χ0) is 14.6. The van der Waals surface area contributed by atoms with Crippen molar-refractivity contribution < 1.29 is 5.11 Å². The monoisotopic (exact) mass is 311 g/mol. The third-order valence-corrected chi connectivity index (χ3v) is 4.78. The second-order valence-corrected chi connectivity index (χ2v) is 7.51. The lowest BCUT2D eigenvalue weighted by Crippen LogP contribution is -2.45. The molecule has 110 valence electrons. The fourth-order valence-corrected chi connectivity index (χ4v) is 3.78. The van der Waals surface area contributed by atoms with Crippen LogP contribution < -0.4 is 5.32 Å². The second-order valence-electron chi connectivity index (χ2n) is 5.45. The Morgan fingerprint density at radius 1 is 1.45 bits per heavy atom. The van der Waals surface area contributed by atoms with Crippen LogP contribution in [0.2, 0.25) is 0 Å². The van der Waals surface area contributed by atoms with Crippen molar-refractivity contribution in [2.24, 2.45) is 0 Å². The van der Waals surface area contributed by atoms with Gasteiger partial charge in [-0.25, -0.2) is 4.98 Å². The van der Waals surface area contributed by atoms with Gasteiger partial charge in [0.2, 0.25) is 0 Å². The summed E-state index contributed by atoms with van der Waals surface area (Å²) in [5, 5.41) is 16.6. The van der Waals surface area contributed by atoms with Crippen molar-refractivity contribution >= 4 is 22.7 Å². The van der Waals surface area contributed by atoms with Gasteiger partial charge >= 0.3 is 0 Å². The van der Waals surface area contributed by atoms with Crippen molar-refractivity contribution in [2.45, 2.75) is 19.1 Å². The highest BCUT2D eigenvalue weighted by Crippen LogP contribution is 2.28. The van der Waals surface area contributed by atoms with E-state index in [1.165, 1.54) is 9.75 Å². The maximum Gasteiger partial charge on any atom is 0.133 e. The van der Waals surface area contributed by atoms with Crippen LogP contribution in [0.3, 0.4) is 0 Å². The van der Waals surface area contributed by atoms with Gasteiger partial charge in [0, 0.05) is 30.7 Å². The molecule has 6 heteroatoms. The molecule has 2 aromatic rings. The normalized spacial score (nSPS) is 14.7. The summed E-state index contributed by atoms with van der Waals surface area (Å²) in [6, 6.07) is 4.13. The second kappa shape index (κ2) is 6.78. The predicted molar refractivity (Wildman–Crippen MR) is 86.3 cm³/mol. The number of nitrogens with zero attached hydrogens (tertiary/aromatic N) is 2. The average Bonchev–Trinajstić information content (AvgIpc) is 2.96. The number of hydrogen-bond donors (Lipinski definition) is 2. The third-order valence-electron chi connectivity index (χ3n) is 2.75. The van der Waals surface area contributed by atoms with E-state index in [0.717, 1.165) is 11.6 Å². The molecule has 0 saturated carbocycles. The van der Waals surface area contributed by atoms with Crippen LogP contribution >= 0.6 is 22.7 Å². The molecule has 0 aliphatic heterocycles. The highest BCUT2D eigenvalue weighted by molar-refractivity contribution is 7.20. The summed E-state index contributed by atoms with van der Waals surface area (Å²) in [5.74, 6) is 0. The number of nitrogens with one attached hydrogen (secondary N) is 1. The van der Waals surface area contributed by atoms with Crippen molar-refractivity contribution in [2.75, 3.05) is 27.2 Å². The highest BCUT2D eigenvalue weighted by atomic mass is 32.1. The molecule has 4 nitrogen and oxygen atoms in total. The van der Waals surface area contributed by atoms with Crippen molar-refractivity contribution in [3.8, 4) is 9.88 Å². The first-order chi connectivity index (χ1) is 9.46. The van der Waals surface area contributed by atoms with E-state index in [0.29, 0.717) is 13.1 Å². The molecule has 0 aliphatic rings. The van der Waals surface area contributed by atoms with Crippen molar-refractivity contribution in [3.63, 3.8) is 0 Å². The molecule has 0 fully saturated rings. The van der Waals surface area contributed by atoms with Crippen LogP contribution in [0.1, 0.15) is 11.8 Å². The molecule has 0 aromatic carbocycles. The van der Waals surface area contributed by atoms with Gasteiger partial charge < -0.3 is 15.3 Å². The van der Waals surface area contributed by atoms with Gasteiger partial charge in [-0.3, -0.25) is 0 Å². The lowest BCUT2D eigenvalue weighted by molar-refractivity contribution is 0.0336. The highest BCUT2D eigenvalue weighted by Gasteiger charge is 2.20. The Morgan fingerprint density at radius 2 is 2.25 bits per heavy atom. The molecule has 0 saturated heterocycles. The van der Waals surface area contributed by atoms with Gasteiger partial charge in [-0.2, -0.15) is 0 Å². The first-order valence-electron chi connectivity index (χ1n) is 6.53. The van der Waals surface area contributed by atoms with Crippen LogP contribution in [0, 0.1) is 0 Å². The van der Waals surface area contributed by atoms with Gasteiger partial charge in [0.1, 0.15) is 5.01 Å². The average molecular weight is 311 g/mol. The lowest BCUT2D eigenvalue weighted by Gasteiger charge is -2.27. The SMILES string of the molecule is CN(C)CC(C)(O)CNCc1cnc(-c2cccs2)s1. The van der Waals surface area contributed by atoms with E-state index in [2.05, 4.69) is 21.7 Å². The molecule has 0 amide bonds. The molecular weight excluding hydrogens is 290 g/mol. The largest absolute Gasteiger partial charge is 0.388 e. The maximum absolute atomic E-state index is 10.2. The summed E-state index contributed by atoms with van der Waals surface area (Å²) in [7, 11) is 3.93. The van der Waals surface area contributed by atoms with Crippen LogP contribution in [-0.2, 0) is 6.54 Å². The van der Waals surface area contributed by atoms with Crippen LogP contribution in [0.25, 0.3) is 9.88 Å². The first kappa shape index (κ1) is 15.6. The standard InChI is InChI=1S/C14H21N3OS2/c1-14(18,10-17(2)3)9-15-7-11-8-16-13(20-11)12-5-4-6-19-12/h4-6,8,15,18H,7,9-10H2,1-3H3. The molecule has 2 aromatic heterocycles. The number of hydrogen-bond acceptors (Lipinski definition) is 6. The number of likely N-dealkylation sites (N-methyl/N-ethyl adjacent to an activating group) is 1.